The average molecular weight is 330 g/mol. The van der Waals surface area contributed by atoms with Crippen LogP contribution in [0.3, 0.4) is 0 Å². The number of nitrogens with one attached hydrogen (secondary N) is 1. The first-order valence-corrected chi connectivity index (χ1v) is 6.67. The number of nitrogen functional groups attached to an aromatic ring is 1. The highest BCUT2D eigenvalue weighted by atomic mass is 79.9. The molecule has 0 saturated heterocycles. The number of nitrogens with two attached hydrogens (primary N) is 1. The van der Waals surface area contributed by atoms with Crippen molar-refractivity contribution in [3.05, 3.63) is 57.6 Å². The van der Waals surface area contributed by atoms with Crippen molar-refractivity contribution in [2.45, 2.75) is 6.92 Å². The second kappa shape index (κ2) is 5.76. The predicted octanol–water partition coefficient (Wildman–Crippen LogP) is 3.46. The molecule has 0 aliphatic carbocycles. The van der Waals surface area contributed by atoms with Gasteiger partial charge in [-0.2, -0.15) is 5.26 Å². The van der Waals surface area contributed by atoms with E-state index in [-0.39, 0.29) is 5.91 Å². The van der Waals surface area contributed by atoms with Crippen LogP contribution in [0.1, 0.15) is 21.5 Å². The number of hydrogen-bond acceptors (Lipinski definition) is 3. The first-order valence-electron chi connectivity index (χ1n) is 5.88. The Kier molecular flexibility index (Phi) is 4.06. The lowest BCUT2D eigenvalue weighted by atomic mass is 10.1. The summed E-state index contributed by atoms with van der Waals surface area (Å²) in [7, 11) is 0. The van der Waals surface area contributed by atoms with Crippen LogP contribution in [0.5, 0.6) is 0 Å². The van der Waals surface area contributed by atoms with E-state index >= 15 is 0 Å². The number of rotatable bonds is 2. The van der Waals surface area contributed by atoms with E-state index in [0.29, 0.717) is 22.5 Å². The monoisotopic (exact) mass is 329 g/mol. The Morgan fingerprint density at radius 3 is 2.55 bits per heavy atom. The zero-order valence-electron chi connectivity index (χ0n) is 10.8. The zero-order chi connectivity index (χ0) is 14.7. The quantitative estimate of drug-likeness (QED) is 0.828. The van der Waals surface area contributed by atoms with Crippen LogP contribution >= 0.6 is 15.9 Å². The number of amides is 1. The molecule has 2 rings (SSSR count). The van der Waals surface area contributed by atoms with E-state index in [1.807, 2.05) is 6.07 Å². The van der Waals surface area contributed by atoms with Gasteiger partial charge in [0.05, 0.1) is 11.6 Å². The van der Waals surface area contributed by atoms with Gasteiger partial charge in [0.1, 0.15) is 0 Å². The van der Waals surface area contributed by atoms with E-state index in [1.54, 1.807) is 43.3 Å². The molecule has 0 spiro atoms. The number of carbonyl (C=O) groups excluding carboxylic acids is 1. The fraction of sp³-hybridized carbons (Fsp3) is 0.0667. The van der Waals surface area contributed by atoms with Crippen LogP contribution in [0.2, 0.25) is 0 Å². The normalized spacial score (nSPS) is 9.85. The molecule has 0 aliphatic rings. The van der Waals surface area contributed by atoms with Gasteiger partial charge in [-0.25, -0.2) is 0 Å². The third kappa shape index (κ3) is 2.98. The van der Waals surface area contributed by atoms with Crippen LogP contribution in [0.4, 0.5) is 11.4 Å². The van der Waals surface area contributed by atoms with Crippen LogP contribution < -0.4 is 11.1 Å². The first-order chi connectivity index (χ1) is 9.51. The van der Waals surface area contributed by atoms with Crippen molar-refractivity contribution in [1.29, 1.82) is 5.26 Å². The molecule has 3 N–H and O–H groups in total. The van der Waals surface area contributed by atoms with E-state index in [9.17, 15) is 4.79 Å². The number of anilines is 2. The Morgan fingerprint density at radius 1 is 1.30 bits per heavy atom. The predicted molar refractivity (Wildman–Crippen MR) is 82.4 cm³/mol. The molecule has 100 valence electrons. The molecule has 0 radical (unpaired) electrons. The lowest BCUT2D eigenvalue weighted by Gasteiger charge is -2.10. The molecule has 20 heavy (non-hydrogen) atoms. The highest BCUT2D eigenvalue weighted by molar-refractivity contribution is 9.10. The van der Waals surface area contributed by atoms with Gasteiger partial charge in [0.15, 0.2) is 0 Å². The van der Waals surface area contributed by atoms with Crippen molar-refractivity contribution in [3.63, 3.8) is 0 Å². The fourth-order valence-corrected chi connectivity index (χ4v) is 2.24. The summed E-state index contributed by atoms with van der Waals surface area (Å²) in [6.45, 7) is 1.80. The smallest absolute Gasteiger partial charge is 0.256 e. The standard InChI is InChI=1S/C15H12BrN3O/c1-9-13(6-11(16)7-14(9)18)15(20)19-12-4-2-10(8-17)3-5-12/h2-7H,18H2,1H3,(H,19,20). The summed E-state index contributed by atoms with van der Waals surface area (Å²) < 4.78 is 0.755. The van der Waals surface area contributed by atoms with Gasteiger partial charge < -0.3 is 11.1 Å². The van der Waals surface area contributed by atoms with Gasteiger partial charge in [0.25, 0.3) is 5.91 Å². The molecule has 2 aromatic carbocycles. The second-order valence-corrected chi connectivity index (χ2v) is 5.23. The second-order valence-electron chi connectivity index (χ2n) is 4.31. The van der Waals surface area contributed by atoms with Gasteiger partial charge >= 0.3 is 0 Å². The number of carbonyl (C=O) groups is 1. The van der Waals surface area contributed by atoms with Gasteiger partial charge in [-0.15, -0.1) is 0 Å². The highest BCUT2D eigenvalue weighted by Crippen LogP contribution is 2.23. The van der Waals surface area contributed by atoms with Crippen LogP contribution in [-0.2, 0) is 0 Å². The van der Waals surface area contributed by atoms with Crippen molar-refractivity contribution >= 4 is 33.2 Å². The number of benzene rings is 2. The Balaban J connectivity index is 2.26. The molecular formula is C15H12BrN3O. The minimum absolute atomic E-state index is 0.236. The maximum atomic E-state index is 12.2. The molecule has 0 aromatic heterocycles. The molecule has 0 saturated carbocycles. The van der Waals surface area contributed by atoms with E-state index < -0.39 is 0 Å². The Morgan fingerprint density at radius 2 is 1.95 bits per heavy atom. The third-order valence-corrected chi connectivity index (χ3v) is 3.39. The van der Waals surface area contributed by atoms with E-state index in [0.717, 1.165) is 10.0 Å². The molecule has 4 nitrogen and oxygen atoms in total. The molecule has 1 amide bonds. The fourth-order valence-electron chi connectivity index (χ4n) is 1.76. The highest BCUT2D eigenvalue weighted by Gasteiger charge is 2.12. The van der Waals surface area contributed by atoms with E-state index in [1.165, 1.54) is 0 Å². The minimum atomic E-state index is -0.236. The number of halogens is 1. The summed E-state index contributed by atoms with van der Waals surface area (Å²) in [6.07, 6.45) is 0. The van der Waals surface area contributed by atoms with Gasteiger partial charge in [-0.1, -0.05) is 15.9 Å². The number of nitrogens with zero attached hydrogens (tertiary/aromatic N) is 1. The van der Waals surface area contributed by atoms with Crippen LogP contribution in [-0.4, -0.2) is 5.91 Å². The van der Waals surface area contributed by atoms with E-state index in [4.69, 9.17) is 11.0 Å². The molecule has 0 heterocycles. The molecule has 0 bridgehead atoms. The summed E-state index contributed by atoms with van der Waals surface area (Å²) >= 11 is 3.32. The Hall–Kier alpha value is -2.32. The lowest BCUT2D eigenvalue weighted by molar-refractivity contribution is 0.102. The minimum Gasteiger partial charge on any atom is -0.398 e. The van der Waals surface area contributed by atoms with Crippen molar-refractivity contribution in [1.82, 2.24) is 0 Å². The van der Waals surface area contributed by atoms with E-state index in [2.05, 4.69) is 21.2 Å². The molecule has 0 aliphatic heterocycles. The first kappa shape index (κ1) is 14.1. The van der Waals surface area contributed by atoms with Crippen molar-refractivity contribution < 1.29 is 4.79 Å². The van der Waals surface area contributed by atoms with Crippen LogP contribution in [0.25, 0.3) is 0 Å². The van der Waals surface area contributed by atoms with Crippen LogP contribution in [0.15, 0.2) is 40.9 Å². The topological polar surface area (TPSA) is 78.9 Å². The third-order valence-electron chi connectivity index (χ3n) is 2.93. The zero-order valence-corrected chi connectivity index (χ0v) is 12.4. The molecule has 0 fully saturated rings. The maximum absolute atomic E-state index is 12.2. The van der Waals surface area contributed by atoms with Gasteiger partial charge in [-0.3, -0.25) is 4.79 Å². The SMILES string of the molecule is Cc1c(N)cc(Br)cc1C(=O)Nc1ccc(C#N)cc1. The summed E-state index contributed by atoms with van der Waals surface area (Å²) in [5, 5.41) is 11.5. The maximum Gasteiger partial charge on any atom is 0.256 e. The van der Waals surface area contributed by atoms with Crippen molar-refractivity contribution in [3.8, 4) is 6.07 Å². The molecule has 0 atom stereocenters. The van der Waals surface area contributed by atoms with Crippen LogP contribution in [0, 0.1) is 18.3 Å². The Labute approximate surface area is 125 Å². The molecule has 2 aromatic rings. The number of nitriles is 1. The lowest BCUT2D eigenvalue weighted by Crippen LogP contribution is -2.14. The summed E-state index contributed by atoms with van der Waals surface area (Å²) in [5.41, 5.74) is 8.83. The Bertz CT molecular complexity index is 702. The summed E-state index contributed by atoms with van der Waals surface area (Å²) in [5.74, 6) is -0.236. The largest absolute Gasteiger partial charge is 0.398 e. The molecule has 0 unspecified atom stereocenters. The van der Waals surface area contributed by atoms with Gasteiger partial charge in [-0.05, 0) is 48.9 Å². The number of hydrogen-bond donors (Lipinski definition) is 2. The van der Waals surface area contributed by atoms with Crippen molar-refractivity contribution in [2.75, 3.05) is 11.1 Å². The van der Waals surface area contributed by atoms with Gasteiger partial charge in [0, 0.05) is 21.4 Å². The summed E-state index contributed by atoms with van der Waals surface area (Å²) in [4.78, 5) is 12.2. The molecular weight excluding hydrogens is 318 g/mol. The van der Waals surface area contributed by atoms with Crippen molar-refractivity contribution in [2.24, 2.45) is 0 Å². The molecule has 5 heteroatoms. The van der Waals surface area contributed by atoms with Gasteiger partial charge in [0.2, 0.25) is 0 Å². The summed E-state index contributed by atoms with van der Waals surface area (Å²) in [6, 6.07) is 12.2. The average Bonchev–Trinajstić information content (AvgIpc) is 2.43.